The van der Waals surface area contributed by atoms with E-state index in [9.17, 15) is 4.39 Å². The number of hydrogen-bond acceptors (Lipinski definition) is 4. The van der Waals surface area contributed by atoms with Crippen LogP contribution >= 0.6 is 24.0 Å². The van der Waals surface area contributed by atoms with Gasteiger partial charge in [-0.15, -0.1) is 24.0 Å². The summed E-state index contributed by atoms with van der Waals surface area (Å²) in [4.78, 5) is 6.72. The van der Waals surface area contributed by atoms with Crippen LogP contribution in [0.25, 0.3) is 0 Å². The van der Waals surface area contributed by atoms with Gasteiger partial charge >= 0.3 is 0 Å². The van der Waals surface area contributed by atoms with E-state index in [0.29, 0.717) is 26.3 Å². The molecule has 2 N–H and O–H groups in total. The lowest BCUT2D eigenvalue weighted by Gasteiger charge is -2.35. The number of methoxy groups -OCH3 is 1. The number of morpholine rings is 1. The van der Waals surface area contributed by atoms with Crippen LogP contribution in [0.3, 0.4) is 0 Å². The molecule has 8 heteroatoms. The van der Waals surface area contributed by atoms with Crippen molar-refractivity contribution in [1.82, 2.24) is 15.5 Å². The predicted molar refractivity (Wildman–Crippen MR) is 133 cm³/mol. The summed E-state index contributed by atoms with van der Waals surface area (Å²) in [6, 6.07) is 13.0. The summed E-state index contributed by atoms with van der Waals surface area (Å²) in [6.45, 7) is 6.46. The molecule has 1 unspecified atom stereocenters. The predicted octanol–water partition coefficient (Wildman–Crippen LogP) is 3.50. The van der Waals surface area contributed by atoms with Crippen LogP contribution in [0.2, 0.25) is 0 Å². The Bertz CT molecular complexity index is 842. The Morgan fingerprint density at radius 3 is 2.48 bits per heavy atom. The standard InChI is InChI=1S/C23H31FN4O2.HI/c1-17-14-18(4-9-22(17)29-3)15-26-23(25-2)27-16-21(28-10-12-30-13-11-28)19-5-7-20(24)8-6-19;/h4-9,14,21H,10-13,15-16H2,1-3H3,(H2,25,26,27);1H. The van der Waals surface area contributed by atoms with Gasteiger partial charge in [0.15, 0.2) is 5.96 Å². The van der Waals surface area contributed by atoms with Crippen molar-refractivity contribution < 1.29 is 13.9 Å². The van der Waals surface area contributed by atoms with Gasteiger partial charge in [0.2, 0.25) is 0 Å². The maximum absolute atomic E-state index is 13.4. The normalized spacial score (nSPS) is 15.7. The first-order chi connectivity index (χ1) is 14.6. The Labute approximate surface area is 201 Å². The summed E-state index contributed by atoms with van der Waals surface area (Å²) in [5, 5.41) is 6.79. The van der Waals surface area contributed by atoms with Gasteiger partial charge in [-0.25, -0.2) is 4.39 Å². The highest BCUT2D eigenvalue weighted by atomic mass is 127. The van der Waals surface area contributed by atoms with E-state index in [-0.39, 0.29) is 35.8 Å². The molecule has 0 bridgehead atoms. The van der Waals surface area contributed by atoms with E-state index in [2.05, 4.69) is 26.6 Å². The minimum Gasteiger partial charge on any atom is -0.496 e. The highest BCUT2D eigenvalue weighted by Gasteiger charge is 2.23. The van der Waals surface area contributed by atoms with Gasteiger partial charge in [-0.3, -0.25) is 9.89 Å². The number of benzene rings is 2. The van der Waals surface area contributed by atoms with E-state index in [1.807, 2.05) is 31.2 Å². The number of guanidine groups is 1. The Hall–Kier alpha value is -1.91. The Balaban J connectivity index is 0.00000341. The van der Waals surface area contributed by atoms with Gasteiger partial charge in [0.1, 0.15) is 11.6 Å². The molecule has 1 fully saturated rings. The van der Waals surface area contributed by atoms with E-state index < -0.39 is 0 Å². The summed E-state index contributed by atoms with van der Waals surface area (Å²) in [5.74, 6) is 1.39. The molecule has 1 heterocycles. The van der Waals surface area contributed by atoms with Gasteiger partial charge in [0, 0.05) is 33.2 Å². The van der Waals surface area contributed by atoms with Crippen LogP contribution in [0.4, 0.5) is 4.39 Å². The third-order valence-electron chi connectivity index (χ3n) is 5.35. The Morgan fingerprint density at radius 2 is 1.87 bits per heavy atom. The van der Waals surface area contributed by atoms with E-state index >= 15 is 0 Å². The van der Waals surface area contributed by atoms with Gasteiger partial charge in [-0.2, -0.15) is 0 Å². The molecule has 2 aromatic rings. The fourth-order valence-corrected chi connectivity index (χ4v) is 3.68. The van der Waals surface area contributed by atoms with Gasteiger partial charge in [0.25, 0.3) is 0 Å². The smallest absolute Gasteiger partial charge is 0.191 e. The van der Waals surface area contributed by atoms with Crippen molar-refractivity contribution in [2.75, 3.05) is 47.0 Å². The third kappa shape index (κ3) is 7.33. The van der Waals surface area contributed by atoms with Crippen LogP contribution in [-0.4, -0.2) is 57.9 Å². The molecule has 31 heavy (non-hydrogen) atoms. The molecule has 1 saturated heterocycles. The quantitative estimate of drug-likeness (QED) is 0.319. The van der Waals surface area contributed by atoms with Crippen molar-refractivity contribution in [3.8, 4) is 5.75 Å². The zero-order valence-electron chi connectivity index (χ0n) is 18.4. The molecule has 1 aliphatic rings. The second-order valence-electron chi connectivity index (χ2n) is 7.33. The summed E-state index contributed by atoms with van der Waals surface area (Å²) >= 11 is 0. The molecule has 0 amide bonds. The molecule has 0 aromatic heterocycles. The highest BCUT2D eigenvalue weighted by Crippen LogP contribution is 2.22. The number of nitrogens with one attached hydrogen (secondary N) is 2. The van der Waals surface area contributed by atoms with Crippen molar-refractivity contribution in [1.29, 1.82) is 0 Å². The van der Waals surface area contributed by atoms with Crippen molar-refractivity contribution in [2.24, 2.45) is 4.99 Å². The summed E-state index contributed by atoms with van der Waals surface area (Å²) < 4.78 is 24.2. The second kappa shape index (κ2) is 12.8. The van der Waals surface area contributed by atoms with Crippen molar-refractivity contribution in [2.45, 2.75) is 19.5 Å². The Kier molecular flexibility index (Phi) is 10.5. The first-order valence-corrected chi connectivity index (χ1v) is 10.3. The van der Waals surface area contributed by atoms with E-state index in [4.69, 9.17) is 9.47 Å². The molecule has 3 rings (SSSR count). The average molecular weight is 542 g/mol. The van der Waals surface area contributed by atoms with Gasteiger partial charge in [-0.05, 0) is 41.8 Å². The molecule has 170 valence electrons. The molecule has 0 spiro atoms. The van der Waals surface area contributed by atoms with Crippen LogP contribution < -0.4 is 15.4 Å². The number of hydrogen-bond donors (Lipinski definition) is 2. The number of nitrogens with zero attached hydrogens (tertiary/aromatic N) is 2. The second-order valence-corrected chi connectivity index (χ2v) is 7.33. The highest BCUT2D eigenvalue weighted by molar-refractivity contribution is 14.0. The molecule has 1 aliphatic heterocycles. The monoisotopic (exact) mass is 542 g/mol. The SMILES string of the molecule is CN=C(NCc1ccc(OC)c(C)c1)NCC(c1ccc(F)cc1)N1CCOCC1.I. The maximum Gasteiger partial charge on any atom is 0.191 e. The lowest BCUT2D eigenvalue weighted by Crippen LogP contribution is -2.46. The number of rotatable bonds is 7. The van der Waals surface area contributed by atoms with Crippen LogP contribution in [0.5, 0.6) is 5.75 Å². The van der Waals surface area contributed by atoms with E-state index in [0.717, 1.165) is 41.5 Å². The average Bonchev–Trinajstić information content (AvgIpc) is 2.78. The first kappa shape index (κ1) is 25.4. The Morgan fingerprint density at radius 1 is 1.16 bits per heavy atom. The number of aryl methyl sites for hydroxylation is 1. The van der Waals surface area contributed by atoms with Gasteiger partial charge in [-0.1, -0.05) is 24.3 Å². The molecular weight excluding hydrogens is 510 g/mol. The molecular formula is C23H32FIN4O2. The van der Waals surface area contributed by atoms with E-state index in [1.165, 1.54) is 12.1 Å². The third-order valence-corrected chi connectivity index (χ3v) is 5.35. The molecule has 2 aromatic carbocycles. The largest absolute Gasteiger partial charge is 0.496 e. The van der Waals surface area contributed by atoms with Crippen LogP contribution in [-0.2, 0) is 11.3 Å². The molecule has 6 nitrogen and oxygen atoms in total. The summed E-state index contributed by atoms with van der Waals surface area (Å²) in [6.07, 6.45) is 0. The lowest BCUT2D eigenvalue weighted by atomic mass is 10.0. The van der Waals surface area contributed by atoms with Crippen molar-refractivity contribution in [3.05, 3.63) is 65.0 Å². The first-order valence-electron chi connectivity index (χ1n) is 10.3. The van der Waals surface area contributed by atoms with E-state index in [1.54, 1.807) is 14.2 Å². The lowest BCUT2D eigenvalue weighted by molar-refractivity contribution is 0.0170. The molecule has 0 aliphatic carbocycles. The van der Waals surface area contributed by atoms with Crippen LogP contribution in [0.1, 0.15) is 22.7 Å². The minimum atomic E-state index is -0.223. The molecule has 1 atom stereocenters. The number of ether oxygens (including phenoxy) is 2. The van der Waals surface area contributed by atoms with Crippen LogP contribution in [0.15, 0.2) is 47.5 Å². The summed E-state index contributed by atoms with van der Waals surface area (Å²) in [7, 11) is 3.44. The molecule has 0 radical (unpaired) electrons. The van der Waals surface area contributed by atoms with Gasteiger partial charge in [0.05, 0.1) is 26.4 Å². The zero-order valence-corrected chi connectivity index (χ0v) is 20.7. The van der Waals surface area contributed by atoms with Crippen LogP contribution in [0, 0.1) is 12.7 Å². The number of aliphatic imine (C=N–C) groups is 1. The van der Waals surface area contributed by atoms with Crippen molar-refractivity contribution in [3.63, 3.8) is 0 Å². The number of halogens is 2. The fraction of sp³-hybridized carbons (Fsp3) is 0.435. The molecule has 0 saturated carbocycles. The van der Waals surface area contributed by atoms with Gasteiger partial charge < -0.3 is 20.1 Å². The maximum atomic E-state index is 13.4. The summed E-state index contributed by atoms with van der Waals surface area (Å²) in [5.41, 5.74) is 3.33. The topological polar surface area (TPSA) is 58.1 Å². The minimum absolute atomic E-state index is 0. The zero-order chi connectivity index (χ0) is 21.3. The van der Waals surface area contributed by atoms with Crippen molar-refractivity contribution >= 4 is 29.9 Å². The fourth-order valence-electron chi connectivity index (χ4n) is 3.68.